The Kier molecular flexibility index (Phi) is 8.44. The van der Waals surface area contributed by atoms with Gasteiger partial charge in [-0.15, -0.1) is 0 Å². The third kappa shape index (κ3) is 5.51. The number of Topliss-reactive ketones (excluding diaryl/α,β-unsaturated/α-hetero) is 2. The van der Waals surface area contributed by atoms with E-state index in [9.17, 15) is 19.5 Å². The van der Waals surface area contributed by atoms with E-state index in [1.807, 2.05) is 26.0 Å². The van der Waals surface area contributed by atoms with Gasteiger partial charge in [-0.05, 0) is 62.4 Å². The van der Waals surface area contributed by atoms with Gasteiger partial charge in [-0.3, -0.25) is 19.3 Å². The number of ketones is 2. The zero-order chi connectivity index (χ0) is 29.3. The summed E-state index contributed by atoms with van der Waals surface area (Å²) in [5, 5.41) is 11.8. The molecule has 210 valence electrons. The Balaban J connectivity index is 1.92. The highest BCUT2D eigenvalue weighted by molar-refractivity contribution is 7.18. The lowest BCUT2D eigenvalue weighted by atomic mass is 9.93. The summed E-state index contributed by atoms with van der Waals surface area (Å²) in [5.74, 6) is -0.705. The van der Waals surface area contributed by atoms with E-state index < -0.39 is 17.7 Å². The number of ether oxygens (including phenoxy) is 2. The molecule has 9 heteroatoms. The standard InChI is InChI=1S/C31H34N2O6S/c1-16(2)12-13-39-23-11-10-21(15-24(23)38-7)26-25(27(35)22-14-17(3)8-9-18(22)4)28(36)30(37)33(26)31-32-19(5)29(40-31)20(6)34/h8-11,14-16,26,35H,12-13H2,1-7H3/b27-25+. The number of nitrogens with zero attached hydrogens (tertiary/aromatic N) is 2. The van der Waals surface area contributed by atoms with Gasteiger partial charge in [-0.25, -0.2) is 4.98 Å². The molecule has 8 nitrogen and oxygen atoms in total. The van der Waals surface area contributed by atoms with Gasteiger partial charge in [-0.2, -0.15) is 0 Å². The minimum Gasteiger partial charge on any atom is -0.507 e. The highest BCUT2D eigenvalue weighted by atomic mass is 32.1. The van der Waals surface area contributed by atoms with E-state index in [2.05, 4.69) is 18.8 Å². The summed E-state index contributed by atoms with van der Waals surface area (Å²) >= 11 is 1.04. The second kappa shape index (κ2) is 11.6. The van der Waals surface area contributed by atoms with E-state index in [4.69, 9.17) is 9.47 Å². The van der Waals surface area contributed by atoms with Crippen LogP contribution in [-0.4, -0.2) is 41.3 Å². The first-order valence-corrected chi connectivity index (χ1v) is 13.9. The maximum Gasteiger partial charge on any atom is 0.301 e. The normalized spacial score (nSPS) is 16.6. The largest absolute Gasteiger partial charge is 0.507 e. The van der Waals surface area contributed by atoms with Crippen molar-refractivity contribution in [3.05, 3.63) is 74.8 Å². The number of benzene rings is 2. The molecule has 1 aliphatic rings. The molecule has 0 radical (unpaired) electrons. The van der Waals surface area contributed by atoms with Crippen LogP contribution in [-0.2, 0) is 9.59 Å². The number of hydrogen-bond donors (Lipinski definition) is 1. The number of thiazole rings is 1. The molecule has 0 saturated carbocycles. The molecule has 1 unspecified atom stereocenters. The molecular formula is C31H34N2O6S. The predicted octanol–water partition coefficient (Wildman–Crippen LogP) is 6.33. The summed E-state index contributed by atoms with van der Waals surface area (Å²) in [6.45, 7) is 11.6. The molecule has 4 rings (SSSR count). The van der Waals surface area contributed by atoms with Gasteiger partial charge in [0.05, 0.1) is 35.9 Å². The predicted molar refractivity (Wildman–Crippen MR) is 155 cm³/mol. The maximum atomic E-state index is 13.6. The average Bonchev–Trinajstić information content (AvgIpc) is 3.41. The number of aromatic nitrogens is 1. The van der Waals surface area contributed by atoms with Crippen molar-refractivity contribution >= 4 is 39.7 Å². The van der Waals surface area contributed by atoms with Gasteiger partial charge >= 0.3 is 5.91 Å². The number of aliphatic hydroxyl groups excluding tert-OH is 1. The number of anilines is 1. The molecule has 1 aliphatic heterocycles. The number of carbonyl (C=O) groups excluding carboxylic acids is 3. The van der Waals surface area contributed by atoms with Crippen LogP contribution in [0.5, 0.6) is 11.5 Å². The minimum atomic E-state index is -1.01. The van der Waals surface area contributed by atoms with E-state index in [1.165, 1.54) is 18.9 Å². The van der Waals surface area contributed by atoms with E-state index in [0.717, 1.165) is 28.9 Å². The first-order chi connectivity index (χ1) is 18.9. The number of amides is 1. The lowest BCUT2D eigenvalue weighted by molar-refractivity contribution is -0.132. The van der Waals surface area contributed by atoms with Gasteiger partial charge in [0.15, 0.2) is 22.4 Å². The van der Waals surface area contributed by atoms with Crippen LogP contribution in [0.25, 0.3) is 5.76 Å². The second-order valence-corrected chi connectivity index (χ2v) is 11.4. The Hall–Kier alpha value is -3.98. The molecule has 1 aromatic heterocycles. The van der Waals surface area contributed by atoms with Crippen LogP contribution >= 0.6 is 11.3 Å². The molecule has 0 spiro atoms. The maximum absolute atomic E-state index is 13.6. The lowest BCUT2D eigenvalue weighted by Gasteiger charge is -2.24. The van der Waals surface area contributed by atoms with Crippen LogP contribution < -0.4 is 14.4 Å². The molecule has 1 atom stereocenters. The molecule has 2 aromatic carbocycles. The van der Waals surface area contributed by atoms with Crippen molar-refractivity contribution < 1.29 is 29.0 Å². The van der Waals surface area contributed by atoms with Crippen LogP contribution in [0.4, 0.5) is 5.13 Å². The summed E-state index contributed by atoms with van der Waals surface area (Å²) in [6, 6.07) is 9.72. The number of aliphatic hydroxyl groups is 1. The lowest BCUT2D eigenvalue weighted by Crippen LogP contribution is -2.29. The van der Waals surface area contributed by atoms with Crippen molar-refractivity contribution in [1.29, 1.82) is 0 Å². The topological polar surface area (TPSA) is 106 Å². The van der Waals surface area contributed by atoms with Gasteiger partial charge in [0, 0.05) is 12.5 Å². The Bertz CT molecular complexity index is 1520. The van der Waals surface area contributed by atoms with Crippen molar-refractivity contribution in [3.8, 4) is 11.5 Å². The molecule has 1 N–H and O–H groups in total. The molecule has 0 aliphatic carbocycles. The van der Waals surface area contributed by atoms with Crippen LogP contribution in [0.2, 0.25) is 0 Å². The highest BCUT2D eigenvalue weighted by Crippen LogP contribution is 2.45. The molecule has 1 fully saturated rings. The van der Waals surface area contributed by atoms with E-state index in [-0.39, 0.29) is 22.2 Å². The van der Waals surface area contributed by atoms with Crippen molar-refractivity contribution in [2.45, 2.75) is 54.0 Å². The zero-order valence-electron chi connectivity index (χ0n) is 23.8. The zero-order valence-corrected chi connectivity index (χ0v) is 24.6. The number of carbonyl (C=O) groups is 3. The summed E-state index contributed by atoms with van der Waals surface area (Å²) in [7, 11) is 1.52. The minimum absolute atomic E-state index is 0.0635. The van der Waals surface area contributed by atoms with Crippen molar-refractivity contribution in [2.75, 3.05) is 18.6 Å². The van der Waals surface area contributed by atoms with Gasteiger partial charge in [0.1, 0.15) is 5.76 Å². The molecular weight excluding hydrogens is 528 g/mol. The van der Waals surface area contributed by atoms with E-state index in [0.29, 0.717) is 45.7 Å². The molecule has 40 heavy (non-hydrogen) atoms. The van der Waals surface area contributed by atoms with Crippen molar-refractivity contribution in [1.82, 2.24) is 4.98 Å². The quantitative estimate of drug-likeness (QED) is 0.141. The van der Waals surface area contributed by atoms with E-state index in [1.54, 1.807) is 31.2 Å². The van der Waals surface area contributed by atoms with Gasteiger partial charge in [-0.1, -0.05) is 48.9 Å². The summed E-state index contributed by atoms with van der Waals surface area (Å²) in [4.78, 5) is 45.5. The summed E-state index contributed by atoms with van der Waals surface area (Å²) < 4.78 is 11.6. The first-order valence-electron chi connectivity index (χ1n) is 13.1. The third-order valence-electron chi connectivity index (χ3n) is 6.86. The molecule has 1 saturated heterocycles. The van der Waals surface area contributed by atoms with Crippen LogP contribution in [0, 0.1) is 26.7 Å². The number of methoxy groups -OCH3 is 1. The molecule has 3 aromatic rings. The fraction of sp³-hybridized carbons (Fsp3) is 0.355. The average molecular weight is 563 g/mol. The second-order valence-electron chi connectivity index (χ2n) is 10.4. The molecule has 0 bridgehead atoms. The Morgan fingerprint density at radius 1 is 1.10 bits per heavy atom. The Morgan fingerprint density at radius 2 is 1.82 bits per heavy atom. The van der Waals surface area contributed by atoms with Crippen LogP contribution in [0.1, 0.15) is 70.9 Å². The number of rotatable bonds is 9. The Morgan fingerprint density at radius 3 is 2.45 bits per heavy atom. The Labute approximate surface area is 238 Å². The van der Waals surface area contributed by atoms with Crippen molar-refractivity contribution in [2.24, 2.45) is 5.92 Å². The molecule has 1 amide bonds. The number of aryl methyl sites for hydroxylation is 3. The monoisotopic (exact) mass is 562 g/mol. The molecule has 2 heterocycles. The van der Waals surface area contributed by atoms with E-state index >= 15 is 0 Å². The number of hydrogen-bond acceptors (Lipinski definition) is 8. The summed E-state index contributed by atoms with van der Waals surface area (Å²) in [5.41, 5.74) is 3.04. The highest BCUT2D eigenvalue weighted by Gasteiger charge is 2.48. The fourth-order valence-electron chi connectivity index (χ4n) is 4.67. The van der Waals surface area contributed by atoms with Crippen LogP contribution in [0.3, 0.4) is 0 Å². The van der Waals surface area contributed by atoms with Gasteiger partial charge in [0.25, 0.3) is 5.78 Å². The third-order valence-corrected chi connectivity index (χ3v) is 8.12. The van der Waals surface area contributed by atoms with Gasteiger partial charge < -0.3 is 14.6 Å². The van der Waals surface area contributed by atoms with Gasteiger partial charge in [0.2, 0.25) is 0 Å². The smallest absolute Gasteiger partial charge is 0.301 e. The summed E-state index contributed by atoms with van der Waals surface area (Å²) in [6.07, 6.45) is 0.864. The SMILES string of the molecule is COc1cc(C2/C(=C(\O)c3cc(C)ccc3C)C(=O)C(=O)N2c2nc(C)c(C(C)=O)s2)ccc1OCCC(C)C. The van der Waals surface area contributed by atoms with Crippen molar-refractivity contribution in [3.63, 3.8) is 0 Å². The first kappa shape index (κ1) is 29.0. The fourth-order valence-corrected chi connectivity index (χ4v) is 5.66. The van der Waals surface area contributed by atoms with Crippen LogP contribution in [0.15, 0.2) is 42.0 Å².